The number of rotatable bonds is 3. The summed E-state index contributed by atoms with van der Waals surface area (Å²) in [6, 6.07) is 0. The number of piperidine rings is 1. The largest absolute Gasteiger partial charge is 0.341 e. The van der Waals surface area contributed by atoms with Gasteiger partial charge in [0.25, 0.3) is 0 Å². The number of nitrogens with zero attached hydrogens (tertiary/aromatic N) is 1. The first kappa shape index (κ1) is 13.2. The molecule has 1 aliphatic heterocycles. The monoisotopic (exact) mass is 222 g/mol. The molecule has 0 radical (unpaired) electrons. The summed E-state index contributed by atoms with van der Waals surface area (Å²) in [7, 11) is 2.02. The van der Waals surface area contributed by atoms with Crippen LogP contribution in [0.25, 0.3) is 0 Å². The van der Waals surface area contributed by atoms with Crippen LogP contribution >= 0.6 is 12.4 Å². The van der Waals surface area contributed by atoms with Crippen molar-refractivity contribution < 1.29 is 14.4 Å². The first-order chi connectivity index (χ1) is 6.24. The lowest BCUT2D eigenvalue weighted by Gasteiger charge is -2.26. The summed E-state index contributed by atoms with van der Waals surface area (Å²) < 4.78 is 0. The highest BCUT2D eigenvalue weighted by atomic mass is 35.5. The van der Waals surface area contributed by atoms with Gasteiger partial charge in [-0.25, -0.2) is 4.79 Å². The molecule has 0 spiro atoms. The molecule has 14 heavy (non-hydrogen) atoms. The zero-order valence-corrected chi connectivity index (χ0v) is 8.88. The van der Waals surface area contributed by atoms with E-state index >= 15 is 0 Å². The van der Waals surface area contributed by atoms with E-state index in [1.54, 1.807) is 0 Å². The van der Waals surface area contributed by atoms with Gasteiger partial charge in [-0.1, -0.05) is 0 Å². The van der Waals surface area contributed by atoms with Crippen LogP contribution in [-0.2, 0) is 14.4 Å². The molecule has 1 N–H and O–H groups in total. The Morgan fingerprint density at radius 1 is 1.50 bits per heavy atom. The number of amides is 1. The molecule has 1 aliphatic rings. The number of carbonyl (C=O) groups excluding carboxylic acids is 2. The van der Waals surface area contributed by atoms with Gasteiger partial charge in [0.05, 0.1) is 5.92 Å². The number of nitrogens with one attached hydrogen (secondary N) is 1. The smallest absolute Gasteiger partial charge is 0.335 e. The first-order valence-electron chi connectivity index (χ1n) is 4.32. The van der Waals surface area contributed by atoms with Crippen molar-refractivity contribution in [2.24, 2.45) is 5.92 Å². The summed E-state index contributed by atoms with van der Waals surface area (Å²) >= 11 is 0. The van der Waals surface area contributed by atoms with Gasteiger partial charge in [-0.2, -0.15) is 5.48 Å². The van der Waals surface area contributed by atoms with Crippen molar-refractivity contribution in [3.8, 4) is 0 Å². The molecule has 0 atom stereocenters. The van der Waals surface area contributed by atoms with Gasteiger partial charge in [-0.15, -0.1) is 12.4 Å². The van der Waals surface area contributed by atoms with Crippen molar-refractivity contribution >= 4 is 24.8 Å². The van der Waals surface area contributed by atoms with Crippen LogP contribution in [-0.4, -0.2) is 37.4 Å². The normalized spacial score (nSPS) is 18.1. The predicted octanol–water partition coefficient (Wildman–Crippen LogP) is -0.0458. The van der Waals surface area contributed by atoms with Gasteiger partial charge in [0.15, 0.2) is 0 Å². The minimum atomic E-state index is -0.333. The Morgan fingerprint density at radius 3 is 2.57 bits per heavy atom. The van der Waals surface area contributed by atoms with Crippen LogP contribution in [0.1, 0.15) is 12.8 Å². The fourth-order valence-electron chi connectivity index (χ4n) is 1.41. The number of halogens is 1. The summed E-state index contributed by atoms with van der Waals surface area (Å²) in [5.74, 6) is -0.399. The van der Waals surface area contributed by atoms with Crippen molar-refractivity contribution in [2.45, 2.75) is 12.8 Å². The molecule has 0 aromatic heterocycles. The Morgan fingerprint density at radius 2 is 2.07 bits per heavy atom. The lowest BCUT2D eigenvalue weighted by molar-refractivity contribution is -0.160. The van der Waals surface area contributed by atoms with Gasteiger partial charge < -0.3 is 9.74 Å². The third-order valence-corrected chi connectivity index (χ3v) is 2.26. The number of hydrogen-bond acceptors (Lipinski definition) is 4. The highest BCUT2D eigenvalue weighted by molar-refractivity contribution is 5.85. The van der Waals surface area contributed by atoms with Crippen molar-refractivity contribution in [1.29, 1.82) is 0 Å². The molecule has 1 saturated heterocycles. The SMILES string of the molecule is CN1CCC(C(=O)ONC=O)CC1.Cl. The van der Waals surface area contributed by atoms with Crippen LogP contribution in [0.4, 0.5) is 0 Å². The molecule has 0 saturated carbocycles. The van der Waals surface area contributed by atoms with Gasteiger partial charge in [0.2, 0.25) is 6.41 Å². The maximum Gasteiger partial charge on any atom is 0.335 e. The average Bonchev–Trinajstić information content (AvgIpc) is 2.15. The second-order valence-corrected chi connectivity index (χ2v) is 3.23. The van der Waals surface area contributed by atoms with E-state index in [1.165, 1.54) is 0 Å². The maximum absolute atomic E-state index is 11.2. The molecule has 0 unspecified atom stereocenters. The van der Waals surface area contributed by atoms with Gasteiger partial charge in [-0.05, 0) is 33.0 Å². The Bertz CT molecular complexity index is 193. The standard InChI is InChI=1S/C8H14N2O3.ClH/c1-10-4-2-7(3-5-10)8(12)13-9-6-11;/h6-7H,2-5H2,1H3,(H,9,11);1H. The molecule has 0 aliphatic carbocycles. The van der Waals surface area contributed by atoms with E-state index in [-0.39, 0.29) is 24.3 Å². The van der Waals surface area contributed by atoms with Gasteiger partial charge >= 0.3 is 5.97 Å². The third-order valence-electron chi connectivity index (χ3n) is 2.26. The number of likely N-dealkylation sites (tertiary alicyclic amines) is 1. The maximum atomic E-state index is 11.2. The van der Waals surface area contributed by atoms with Crippen molar-refractivity contribution in [3.05, 3.63) is 0 Å². The first-order valence-corrected chi connectivity index (χ1v) is 4.32. The van der Waals surface area contributed by atoms with E-state index in [0.29, 0.717) is 6.41 Å². The van der Waals surface area contributed by atoms with Crippen LogP contribution in [0.5, 0.6) is 0 Å². The lowest BCUT2D eigenvalue weighted by Crippen LogP contribution is -2.35. The molecule has 0 aromatic rings. The quantitative estimate of drug-likeness (QED) is 0.538. The van der Waals surface area contributed by atoms with Crippen LogP contribution in [0, 0.1) is 5.92 Å². The second kappa shape index (κ2) is 6.62. The Hall–Kier alpha value is -0.810. The third kappa shape index (κ3) is 3.93. The van der Waals surface area contributed by atoms with E-state index in [2.05, 4.69) is 9.74 Å². The average molecular weight is 223 g/mol. The van der Waals surface area contributed by atoms with Crippen LogP contribution in [0.3, 0.4) is 0 Å². The molecular weight excluding hydrogens is 208 g/mol. The number of carbonyl (C=O) groups is 2. The van der Waals surface area contributed by atoms with E-state index in [9.17, 15) is 9.59 Å². The van der Waals surface area contributed by atoms with E-state index in [1.807, 2.05) is 12.5 Å². The molecule has 1 rings (SSSR count). The summed E-state index contributed by atoms with van der Waals surface area (Å²) in [5, 5.41) is 0. The lowest BCUT2D eigenvalue weighted by atomic mass is 9.98. The van der Waals surface area contributed by atoms with Crippen LogP contribution < -0.4 is 5.48 Å². The second-order valence-electron chi connectivity index (χ2n) is 3.23. The minimum Gasteiger partial charge on any atom is -0.341 e. The Labute approximate surface area is 89.1 Å². The van der Waals surface area contributed by atoms with Crippen molar-refractivity contribution in [3.63, 3.8) is 0 Å². The van der Waals surface area contributed by atoms with E-state index in [0.717, 1.165) is 25.9 Å². The molecule has 0 aromatic carbocycles. The van der Waals surface area contributed by atoms with Crippen molar-refractivity contribution in [1.82, 2.24) is 10.4 Å². The van der Waals surface area contributed by atoms with Gasteiger partial charge in [0.1, 0.15) is 0 Å². The van der Waals surface area contributed by atoms with Gasteiger partial charge in [0, 0.05) is 0 Å². The molecule has 0 bridgehead atoms. The molecule has 1 fully saturated rings. The highest BCUT2D eigenvalue weighted by Gasteiger charge is 2.24. The number of hydroxylamine groups is 1. The highest BCUT2D eigenvalue weighted by Crippen LogP contribution is 2.16. The van der Waals surface area contributed by atoms with Crippen LogP contribution in [0.15, 0.2) is 0 Å². The Kier molecular flexibility index (Phi) is 6.23. The molecule has 6 heteroatoms. The summed E-state index contributed by atoms with van der Waals surface area (Å²) in [4.78, 5) is 27.7. The molecule has 1 heterocycles. The predicted molar refractivity (Wildman–Crippen MR) is 52.8 cm³/mol. The van der Waals surface area contributed by atoms with Crippen molar-refractivity contribution in [2.75, 3.05) is 20.1 Å². The molecular formula is C8H15ClN2O3. The van der Waals surface area contributed by atoms with E-state index in [4.69, 9.17) is 0 Å². The fraction of sp³-hybridized carbons (Fsp3) is 0.750. The van der Waals surface area contributed by atoms with Crippen LogP contribution in [0.2, 0.25) is 0 Å². The van der Waals surface area contributed by atoms with Gasteiger partial charge in [-0.3, -0.25) is 4.79 Å². The summed E-state index contributed by atoms with van der Waals surface area (Å²) in [5.41, 5.74) is 1.91. The molecule has 1 amide bonds. The molecule has 82 valence electrons. The fourth-order valence-corrected chi connectivity index (χ4v) is 1.41. The minimum absolute atomic E-state index is 0. The summed E-state index contributed by atoms with van der Waals surface area (Å²) in [6.45, 7) is 1.81. The Balaban J connectivity index is 0.00000169. The number of hydrogen-bond donors (Lipinski definition) is 1. The zero-order chi connectivity index (χ0) is 9.68. The topological polar surface area (TPSA) is 58.6 Å². The summed E-state index contributed by atoms with van der Waals surface area (Å²) in [6.07, 6.45) is 1.96. The zero-order valence-electron chi connectivity index (χ0n) is 8.06. The van der Waals surface area contributed by atoms with E-state index < -0.39 is 0 Å². The molecule has 5 nitrogen and oxygen atoms in total.